The second-order valence-corrected chi connectivity index (χ2v) is 9.48. The van der Waals surface area contributed by atoms with E-state index in [1.807, 2.05) is 30.3 Å². The van der Waals surface area contributed by atoms with E-state index in [0.29, 0.717) is 24.1 Å². The van der Waals surface area contributed by atoms with Crippen LogP contribution in [0.15, 0.2) is 65.6 Å². The SMILES string of the molecule is CS(=O)(=O)C(N)c1cccc(-c2cnc(NCCc3ccccc3)c(=O)n2CC(=O)O)c1. The number of carboxylic acids is 1. The maximum atomic E-state index is 13.0. The molecule has 0 aliphatic rings. The first-order chi connectivity index (χ1) is 15.2. The summed E-state index contributed by atoms with van der Waals surface area (Å²) >= 11 is 0. The van der Waals surface area contributed by atoms with E-state index < -0.39 is 33.3 Å². The van der Waals surface area contributed by atoms with Crippen molar-refractivity contribution in [2.45, 2.75) is 18.3 Å². The second kappa shape index (κ2) is 9.75. The van der Waals surface area contributed by atoms with Crippen molar-refractivity contribution >= 4 is 21.6 Å². The summed E-state index contributed by atoms with van der Waals surface area (Å²) in [5.74, 6) is -1.16. The number of benzene rings is 2. The van der Waals surface area contributed by atoms with Crippen molar-refractivity contribution in [3.63, 3.8) is 0 Å². The van der Waals surface area contributed by atoms with Gasteiger partial charge in [-0.15, -0.1) is 0 Å². The minimum absolute atomic E-state index is 0.0370. The van der Waals surface area contributed by atoms with Gasteiger partial charge < -0.3 is 16.2 Å². The first-order valence-electron chi connectivity index (χ1n) is 9.81. The molecule has 9 nitrogen and oxygen atoms in total. The molecule has 0 aliphatic heterocycles. The third kappa shape index (κ3) is 5.59. The molecule has 0 amide bonds. The number of carbonyl (C=O) groups is 1. The van der Waals surface area contributed by atoms with Crippen molar-refractivity contribution < 1.29 is 18.3 Å². The van der Waals surface area contributed by atoms with Crippen molar-refractivity contribution in [3.8, 4) is 11.3 Å². The molecule has 1 atom stereocenters. The number of nitrogens with one attached hydrogen (secondary N) is 1. The number of nitrogens with two attached hydrogens (primary N) is 1. The molecule has 1 unspecified atom stereocenters. The lowest BCUT2D eigenvalue weighted by Crippen LogP contribution is -2.29. The Morgan fingerprint density at radius 1 is 1.19 bits per heavy atom. The molecule has 10 heteroatoms. The molecule has 0 radical (unpaired) electrons. The van der Waals surface area contributed by atoms with Crippen LogP contribution >= 0.6 is 0 Å². The van der Waals surface area contributed by atoms with E-state index in [1.54, 1.807) is 18.2 Å². The van der Waals surface area contributed by atoms with Gasteiger partial charge in [0.25, 0.3) is 5.56 Å². The van der Waals surface area contributed by atoms with E-state index in [4.69, 9.17) is 5.73 Å². The predicted molar refractivity (Wildman–Crippen MR) is 122 cm³/mol. The third-order valence-electron chi connectivity index (χ3n) is 4.87. The van der Waals surface area contributed by atoms with Gasteiger partial charge in [0, 0.05) is 18.4 Å². The number of hydrogen-bond donors (Lipinski definition) is 3. The smallest absolute Gasteiger partial charge is 0.323 e. The first kappa shape index (κ1) is 23.2. The molecule has 1 heterocycles. The topological polar surface area (TPSA) is 144 Å². The van der Waals surface area contributed by atoms with Crippen LogP contribution < -0.4 is 16.6 Å². The van der Waals surface area contributed by atoms with E-state index in [0.717, 1.165) is 16.4 Å². The predicted octanol–water partition coefficient (Wildman–Crippen LogP) is 1.65. The fraction of sp³-hybridized carbons (Fsp3) is 0.227. The highest BCUT2D eigenvalue weighted by Crippen LogP contribution is 2.24. The van der Waals surface area contributed by atoms with Gasteiger partial charge in [-0.2, -0.15) is 0 Å². The molecule has 0 bridgehead atoms. The normalized spacial score (nSPS) is 12.3. The summed E-state index contributed by atoms with van der Waals surface area (Å²) in [6, 6.07) is 16.0. The van der Waals surface area contributed by atoms with Crippen LogP contribution in [0.25, 0.3) is 11.3 Å². The van der Waals surface area contributed by atoms with Crippen molar-refractivity contribution in [3.05, 3.63) is 82.3 Å². The van der Waals surface area contributed by atoms with Gasteiger partial charge >= 0.3 is 5.97 Å². The van der Waals surface area contributed by atoms with Gasteiger partial charge in [0.15, 0.2) is 15.7 Å². The van der Waals surface area contributed by atoms with Crippen molar-refractivity contribution in [1.29, 1.82) is 0 Å². The standard InChI is InChI=1S/C22H24N4O5S/c1-32(30,31)20(23)17-9-5-8-16(12-17)18-13-25-21(22(29)26(18)14-19(27)28)24-11-10-15-6-3-2-4-7-15/h2-9,12-13,20H,10-11,14,23H2,1H3,(H,24,25)(H,27,28). The summed E-state index contributed by atoms with van der Waals surface area (Å²) in [5, 5.41) is 11.1. The molecule has 0 aliphatic carbocycles. The number of hydrogen-bond acceptors (Lipinski definition) is 7. The zero-order chi connectivity index (χ0) is 23.3. The van der Waals surface area contributed by atoms with E-state index in [9.17, 15) is 23.1 Å². The molecular formula is C22H24N4O5S. The molecule has 2 aromatic carbocycles. The maximum absolute atomic E-state index is 13.0. The van der Waals surface area contributed by atoms with Crippen LogP contribution in [0.1, 0.15) is 16.5 Å². The largest absolute Gasteiger partial charge is 0.480 e. The Labute approximate surface area is 185 Å². The Kier molecular flexibility index (Phi) is 7.06. The Morgan fingerprint density at radius 3 is 2.56 bits per heavy atom. The highest BCUT2D eigenvalue weighted by atomic mass is 32.2. The molecule has 0 saturated heterocycles. The van der Waals surface area contributed by atoms with Gasteiger partial charge in [0.2, 0.25) is 0 Å². The summed E-state index contributed by atoms with van der Waals surface area (Å²) in [4.78, 5) is 28.6. The van der Waals surface area contributed by atoms with E-state index >= 15 is 0 Å². The molecule has 3 aromatic rings. The quantitative estimate of drug-likeness (QED) is 0.441. The lowest BCUT2D eigenvalue weighted by molar-refractivity contribution is -0.137. The van der Waals surface area contributed by atoms with E-state index in [1.165, 1.54) is 12.3 Å². The van der Waals surface area contributed by atoms with Crippen LogP contribution in [0.2, 0.25) is 0 Å². The summed E-state index contributed by atoms with van der Waals surface area (Å²) in [5.41, 5.74) is 7.32. The third-order valence-corrected chi connectivity index (χ3v) is 6.06. The zero-order valence-corrected chi connectivity index (χ0v) is 18.2. The number of anilines is 1. The Balaban J connectivity index is 1.94. The van der Waals surface area contributed by atoms with Crippen LogP contribution in [0.4, 0.5) is 5.82 Å². The minimum Gasteiger partial charge on any atom is -0.480 e. The van der Waals surface area contributed by atoms with Gasteiger partial charge in [-0.1, -0.05) is 48.5 Å². The van der Waals surface area contributed by atoms with Crippen molar-refractivity contribution in [2.24, 2.45) is 5.73 Å². The van der Waals surface area contributed by atoms with Gasteiger partial charge in [-0.3, -0.25) is 14.2 Å². The molecular weight excluding hydrogens is 432 g/mol. The minimum atomic E-state index is -3.54. The maximum Gasteiger partial charge on any atom is 0.323 e. The molecule has 32 heavy (non-hydrogen) atoms. The molecule has 1 aromatic heterocycles. The number of sulfone groups is 1. The molecule has 0 spiro atoms. The highest BCUT2D eigenvalue weighted by molar-refractivity contribution is 7.90. The van der Waals surface area contributed by atoms with Crippen LogP contribution in [-0.2, 0) is 27.6 Å². The molecule has 0 fully saturated rings. The lowest BCUT2D eigenvalue weighted by atomic mass is 10.1. The molecule has 0 saturated carbocycles. The summed E-state index contributed by atoms with van der Waals surface area (Å²) in [7, 11) is -3.54. The van der Waals surface area contributed by atoms with Crippen LogP contribution in [0.3, 0.4) is 0 Å². The van der Waals surface area contributed by atoms with Gasteiger partial charge in [0.1, 0.15) is 11.9 Å². The average molecular weight is 457 g/mol. The Bertz CT molecular complexity index is 1270. The van der Waals surface area contributed by atoms with Gasteiger partial charge in [-0.25, -0.2) is 13.4 Å². The molecule has 3 rings (SSSR count). The summed E-state index contributed by atoms with van der Waals surface area (Å²) < 4.78 is 24.7. The monoisotopic (exact) mass is 456 g/mol. The Hall–Kier alpha value is -3.50. The fourth-order valence-corrected chi connectivity index (χ4v) is 3.86. The van der Waals surface area contributed by atoms with Crippen LogP contribution in [0.5, 0.6) is 0 Å². The lowest BCUT2D eigenvalue weighted by Gasteiger charge is -2.15. The zero-order valence-electron chi connectivity index (χ0n) is 17.4. The number of rotatable bonds is 9. The number of aliphatic carboxylic acids is 1. The number of aromatic nitrogens is 2. The number of nitrogens with zero attached hydrogens (tertiary/aromatic N) is 2. The average Bonchev–Trinajstić information content (AvgIpc) is 2.75. The first-order valence-corrected chi connectivity index (χ1v) is 11.8. The van der Waals surface area contributed by atoms with Crippen molar-refractivity contribution in [2.75, 3.05) is 18.1 Å². The van der Waals surface area contributed by atoms with E-state index in [2.05, 4.69) is 10.3 Å². The second-order valence-electron chi connectivity index (χ2n) is 7.32. The van der Waals surface area contributed by atoms with E-state index in [-0.39, 0.29) is 11.5 Å². The van der Waals surface area contributed by atoms with Gasteiger partial charge in [-0.05, 0) is 23.6 Å². The summed E-state index contributed by atoms with van der Waals surface area (Å²) in [6.07, 6.45) is 3.08. The van der Waals surface area contributed by atoms with Gasteiger partial charge in [0.05, 0.1) is 11.9 Å². The van der Waals surface area contributed by atoms with Crippen molar-refractivity contribution in [1.82, 2.24) is 9.55 Å². The fourth-order valence-electron chi connectivity index (χ4n) is 3.22. The van der Waals surface area contributed by atoms with Crippen LogP contribution in [-0.4, -0.2) is 41.8 Å². The molecule has 4 N–H and O–H groups in total. The molecule has 168 valence electrons. The van der Waals surface area contributed by atoms with Crippen LogP contribution in [0, 0.1) is 0 Å². The Morgan fingerprint density at radius 2 is 1.91 bits per heavy atom. The number of carboxylic acid groups (broad SMARTS) is 1. The summed E-state index contributed by atoms with van der Waals surface area (Å²) in [6.45, 7) is -0.135. The highest BCUT2D eigenvalue weighted by Gasteiger charge is 2.20.